The fraction of sp³-hybridized carbons (Fsp3) is 0.833. The third kappa shape index (κ3) is 2.29. The van der Waals surface area contributed by atoms with Gasteiger partial charge in [-0.15, -0.1) is 0 Å². The number of carbonyl (C=O) groups excluding carboxylic acids is 1. The molecule has 2 fully saturated rings. The van der Waals surface area contributed by atoms with E-state index in [4.69, 9.17) is 5.11 Å². The zero-order valence-electron chi connectivity index (χ0n) is 10.6. The van der Waals surface area contributed by atoms with Gasteiger partial charge in [0.25, 0.3) is 0 Å². The average Bonchev–Trinajstić information content (AvgIpc) is 2.95. The molecule has 0 bridgehead atoms. The van der Waals surface area contributed by atoms with Crippen LogP contribution in [-0.4, -0.2) is 58.0 Å². The second-order valence-corrected chi connectivity index (χ2v) is 5.76. The second-order valence-electron chi connectivity index (χ2n) is 5.76. The Hall–Kier alpha value is -1.10. The zero-order valence-corrected chi connectivity index (χ0v) is 10.6. The van der Waals surface area contributed by atoms with E-state index in [9.17, 15) is 9.59 Å². The van der Waals surface area contributed by atoms with Gasteiger partial charge in [-0.05, 0) is 26.7 Å². The number of carboxylic acids is 1. The third-order valence-electron chi connectivity index (χ3n) is 3.63. The normalized spacial score (nSPS) is 29.5. The molecule has 1 unspecified atom stereocenters. The Morgan fingerprint density at radius 3 is 2.53 bits per heavy atom. The van der Waals surface area contributed by atoms with Gasteiger partial charge < -0.3 is 10.0 Å². The summed E-state index contributed by atoms with van der Waals surface area (Å²) in [6.07, 6.45) is 2.07. The molecule has 0 radical (unpaired) electrons. The minimum Gasteiger partial charge on any atom is -0.481 e. The van der Waals surface area contributed by atoms with Crippen molar-refractivity contribution in [2.45, 2.75) is 50.7 Å². The average molecular weight is 240 g/mol. The summed E-state index contributed by atoms with van der Waals surface area (Å²) in [5.41, 5.74) is -0.135. The lowest BCUT2D eigenvalue weighted by molar-refractivity contribution is -0.155. The van der Waals surface area contributed by atoms with Crippen molar-refractivity contribution in [2.75, 3.05) is 13.6 Å². The van der Waals surface area contributed by atoms with Crippen LogP contribution in [0, 0.1) is 0 Å². The Morgan fingerprint density at radius 1 is 1.47 bits per heavy atom. The molecule has 0 aromatic carbocycles. The molecule has 1 heterocycles. The molecular weight excluding hydrogens is 220 g/mol. The summed E-state index contributed by atoms with van der Waals surface area (Å²) in [4.78, 5) is 26.8. The SMILES string of the molecule is CN1CC(C)(C)N(C2CC2)C(CC(=O)O)C1=O. The number of aliphatic carboxylic acids is 1. The maximum atomic E-state index is 12.1. The van der Waals surface area contributed by atoms with Gasteiger partial charge in [-0.2, -0.15) is 0 Å². The molecule has 1 aliphatic heterocycles. The first-order chi connectivity index (χ1) is 7.83. The van der Waals surface area contributed by atoms with E-state index in [2.05, 4.69) is 18.7 Å². The molecule has 1 N–H and O–H groups in total. The fourth-order valence-corrected chi connectivity index (χ4v) is 2.99. The van der Waals surface area contributed by atoms with Gasteiger partial charge in [-0.3, -0.25) is 14.5 Å². The molecule has 5 heteroatoms. The maximum absolute atomic E-state index is 12.1. The van der Waals surface area contributed by atoms with Crippen molar-refractivity contribution in [3.63, 3.8) is 0 Å². The number of amides is 1. The van der Waals surface area contributed by atoms with Gasteiger partial charge in [0.1, 0.15) is 6.04 Å². The lowest BCUT2D eigenvalue weighted by atomic mass is 9.92. The fourth-order valence-electron chi connectivity index (χ4n) is 2.99. The van der Waals surface area contributed by atoms with Gasteiger partial charge in [-0.1, -0.05) is 0 Å². The van der Waals surface area contributed by atoms with E-state index in [0.29, 0.717) is 12.6 Å². The van der Waals surface area contributed by atoms with Crippen molar-refractivity contribution in [3.05, 3.63) is 0 Å². The van der Waals surface area contributed by atoms with Gasteiger partial charge in [0.2, 0.25) is 5.91 Å². The standard InChI is InChI=1S/C12H20N2O3/c1-12(2)7-13(3)11(17)9(6-10(15)16)14(12)8-4-5-8/h8-9H,4-7H2,1-3H3,(H,15,16). The van der Waals surface area contributed by atoms with Crippen LogP contribution in [0.5, 0.6) is 0 Å². The largest absolute Gasteiger partial charge is 0.481 e. The van der Waals surface area contributed by atoms with Crippen LogP contribution in [-0.2, 0) is 9.59 Å². The smallest absolute Gasteiger partial charge is 0.305 e. The summed E-state index contributed by atoms with van der Waals surface area (Å²) in [5.74, 6) is -0.960. The third-order valence-corrected chi connectivity index (χ3v) is 3.63. The minimum absolute atomic E-state index is 0.0568. The van der Waals surface area contributed by atoms with Crippen LogP contribution in [0.2, 0.25) is 0 Å². The number of hydrogen-bond donors (Lipinski definition) is 1. The van der Waals surface area contributed by atoms with Crippen LogP contribution in [0.4, 0.5) is 0 Å². The Morgan fingerprint density at radius 2 is 2.06 bits per heavy atom. The summed E-state index contributed by atoms with van der Waals surface area (Å²) in [6, 6.07) is -0.0965. The van der Waals surface area contributed by atoms with Crippen LogP contribution in [0.25, 0.3) is 0 Å². The number of likely N-dealkylation sites (N-methyl/N-ethyl adjacent to an activating group) is 1. The number of nitrogens with zero attached hydrogens (tertiary/aromatic N) is 2. The van der Waals surface area contributed by atoms with E-state index >= 15 is 0 Å². The van der Waals surface area contributed by atoms with E-state index in [1.807, 2.05) is 0 Å². The molecule has 5 nitrogen and oxygen atoms in total. The van der Waals surface area contributed by atoms with E-state index < -0.39 is 12.0 Å². The lowest BCUT2D eigenvalue weighted by Crippen LogP contribution is -2.66. The highest BCUT2D eigenvalue weighted by Gasteiger charge is 2.50. The summed E-state index contributed by atoms with van der Waals surface area (Å²) in [5, 5.41) is 8.96. The molecule has 2 aliphatic rings. The van der Waals surface area contributed by atoms with Crippen LogP contribution in [0.15, 0.2) is 0 Å². The van der Waals surface area contributed by atoms with Crippen LogP contribution >= 0.6 is 0 Å². The molecule has 1 aliphatic carbocycles. The van der Waals surface area contributed by atoms with Crippen molar-refractivity contribution >= 4 is 11.9 Å². The topological polar surface area (TPSA) is 60.9 Å². The summed E-state index contributed by atoms with van der Waals surface area (Å²) in [6.45, 7) is 4.84. The minimum atomic E-state index is -0.903. The number of rotatable bonds is 3. The molecule has 1 saturated carbocycles. The molecule has 1 saturated heterocycles. The highest BCUT2D eigenvalue weighted by molar-refractivity contribution is 5.87. The van der Waals surface area contributed by atoms with Crippen LogP contribution < -0.4 is 0 Å². The molecule has 17 heavy (non-hydrogen) atoms. The molecule has 0 aromatic heterocycles. The Kier molecular flexibility index (Phi) is 2.89. The second kappa shape index (κ2) is 3.98. The van der Waals surface area contributed by atoms with E-state index in [0.717, 1.165) is 12.8 Å². The van der Waals surface area contributed by atoms with Gasteiger partial charge in [0.05, 0.1) is 6.42 Å². The van der Waals surface area contributed by atoms with E-state index in [1.165, 1.54) is 0 Å². The van der Waals surface area contributed by atoms with Crippen molar-refractivity contribution < 1.29 is 14.7 Å². The molecule has 0 spiro atoms. The highest BCUT2D eigenvalue weighted by atomic mass is 16.4. The molecule has 1 atom stereocenters. The van der Waals surface area contributed by atoms with Gasteiger partial charge >= 0.3 is 5.97 Å². The Balaban J connectivity index is 2.26. The highest BCUT2D eigenvalue weighted by Crippen LogP contribution is 2.38. The molecule has 0 aromatic rings. The van der Waals surface area contributed by atoms with Gasteiger partial charge in [-0.25, -0.2) is 0 Å². The van der Waals surface area contributed by atoms with Crippen molar-refractivity contribution in [1.82, 2.24) is 9.80 Å². The van der Waals surface area contributed by atoms with Gasteiger partial charge in [0, 0.05) is 25.2 Å². The van der Waals surface area contributed by atoms with Crippen molar-refractivity contribution in [1.29, 1.82) is 0 Å². The molecular formula is C12H20N2O3. The lowest BCUT2D eigenvalue weighted by Gasteiger charge is -2.50. The first-order valence-corrected chi connectivity index (χ1v) is 6.08. The first-order valence-electron chi connectivity index (χ1n) is 6.08. The quantitative estimate of drug-likeness (QED) is 0.782. The Labute approximate surface area is 101 Å². The summed E-state index contributed by atoms with van der Waals surface area (Å²) in [7, 11) is 1.75. The number of carbonyl (C=O) groups is 2. The van der Waals surface area contributed by atoms with E-state index in [-0.39, 0.29) is 17.9 Å². The monoisotopic (exact) mass is 240 g/mol. The Bertz CT molecular complexity index is 350. The van der Waals surface area contributed by atoms with Crippen molar-refractivity contribution in [3.8, 4) is 0 Å². The van der Waals surface area contributed by atoms with Crippen LogP contribution in [0.3, 0.4) is 0 Å². The molecule has 2 rings (SSSR count). The van der Waals surface area contributed by atoms with E-state index in [1.54, 1.807) is 11.9 Å². The maximum Gasteiger partial charge on any atom is 0.305 e. The first kappa shape index (κ1) is 12.4. The zero-order chi connectivity index (χ0) is 12.8. The predicted octanol–water partition coefficient (Wildman–Crippen LogP) is 0.545. The molecule has 1 amide bonds. The number of carboxylic acid groups (broad SMARTS) is 1. The van der Waals surface area contributed by atoms with Gasteiger partial charge in [0.15, 0.2) is 0 Å². The number of piperazine rings is 1. The summed E-state index contributed by atoms with van der Waals surface area (Å²) >= 11 is 0. The number of hydrogen-bond acceptors (Lipinski definition) is 3. The van der Waals surface area contributed by atoms with Crippen molar-refractivity contribution in [2.24, 2.45) is 0 Å². The molecule has 96 valence electrons. The summed E-state index contributed by atoms with van der Waals surface area (Å²) < 4.78 is 0. The predicted molar refractivity (Wildman–Crippen MR) is 62.6 cm³/mol. The van der Waals surface area contributed by atoms with Crippen LogP contribution in [0.1, 0.15) is 33.1 Å².